The molecule has 8 heteroatoms. The number of carbonyl (C=O) groups excluding carboxylic acids is 3. The molecule has 38 heavy (non-hydrogen) atoms. The van der Waals surface area contributed by atoms with Crippen LogP contribution >= 0.6 is 0 Å². The van der Waals surface area contributed by atoms with E-state index in [1.54, 1.807) is 12.1 Å². The van der Waals surface area contributed by atoms with E-state index in [1.807, 2.05) is 29.1 Å². The maximum atomic E-state index is 13.1. The summed E-state index contributed by atoms with van der Waals surface area (Å²) in [5.74, 6) is -3.14. The van der Waals surface area contributed by atoms with Crippen molar-refractivity contribution in [3.8, 4) is 11.5 Å². The van der Waals surface area contributed by atoms with E-state index in [1.165, 1.54) is 36.4 Å². The fourth-order valence-electron chi connectivity index (χ4n) is 4.49. The number of aryl methyl sites for hydroxylation is 1. The number of nitrogens with zero attached hydrogens (tertiary/aromatic N) is 1. The number of fused-ring (bicyclic) bond motifs is 2. The van der Waals surface area contributed by atoms with Gasteiger partial charge in [-0.2, -0.15) is 0 Å². The van der Waals surface area contributed by atoms with E-state index in [0.717, 1.165) is 17.2 Å². The van der Waals surface area contributed by atoms with Crippen LogP contribution < -0.4 is 4.57 Å². The molecule has 0 amide bonds. The third-order valence-corrected chi connectivity index (χ3v) is 6.42. The Labute approximate surface area is 217 Å². The maximum absolute atomic E-state index is 13.1. The normalized spacial score (nSPS) is 12.1. The van der Waals surface area contributed by atoms with Gasteiger partial charge >= 0.3 is 5.97 Å². The Morgan fingerprint density at radius 2 is 1.53 bits per heavy atom. The highest BCUT2D eigenvalue weighted by Crippen LogP contribution is 2.37. The van der Waals surface area contributed by atoms with Gasteiger partial charge in [0.05, 0.1) is 23.3 Å². The summed E-state index contributed by atoms with van der Waals surface area (Å²) in [5.41, 5.74) is 1.46. The lowest BCUT2D eigenvalue weighted by atomic mass is 9.82. The molecule has 0 unspecified atom stereocenters. The minimum atomic E-state index is -0.727. The highest BCUT2D eigenvalue weighted by atomic mass is 19.1. The summed E-state index contributed by atoms with van der Waals surface area (Å²) < 4.78 is 20.4. The zero-order valence-electron chi connectivity index (χ0n) is 20.2. The largest absolute Gasteiger partial charge is 0.507 e. The molecule has 190 valence electrons. The summed E-state index contributed by atoms with van der Waals surface area (Å²) in [4.78, 5) is 38.4. The number of aromatic nitrogens is 1. The highest BCUT2D eigenvalue weighted by Gasteiger charge is 2.35. The molecule has 0 atom stereocenters. The number of aromatic hydroxyl groups is 2. The van der Waals surface area contributed by atoms with Crippen LogP contribution in [0.25, 0.3) is 0 Å². The smallest absolute Gasteiger partial charge is 0.338 e. The van der Waals surface area contributed by atoms with Gasteiger partial charge in [0.15, 0.2) is 24.7 Å². The van der Waals surface area contributed by atoms with Gasteiger partial charge in [0.1, 0.15) is 17.3 Å². The predicted octanol–water partition coefficient (Wildman–Crippen LogP) is 4.14. The summed E-state index contributed by atoms with van der Waals surface area (Å²) in [6.07, 6.45) is 5.07. The number of pyridine rings is 1. The fraction of sp³-hybridized carbons (Fsp3) is 0.133. The Balaban J connectivity index is 1.19. The number of halogens is 1. The molecule has 4 aromatic rings. The molecule has 0 spiro atoms. The van der Waals surface area contributed by atoms with Crippen LogP contribution in [0.5, 0.6) is 11.5 Å². The molecule has 0 aliphatic heterocycles. The van der Waals surface area contributed by atoms with E-state index in [2.05, 4.69) is 0 Å². The number of carbonyl (C=O) groups is 3. The zero-order chi connectivity index (χ0) is 26.8. The number of hydrogen-bond donors (Lipinski definition) is 2. The number of ketones is 2. The van der Waals surface area contributed by atoms with E-state index in [4.69, 9.17) is 4.74 Å². The van der Waals surface area contributed by atoms with Crippen molar-refractivity contribution in [2.75, 3.05) is 6.61 Å². The average Bonchev–Trinajstić information content (AvgIpc) is 2.91. The number of ether oxygens (including phenoxy) is 1. The summed E-state index contributed by atoms with van der Waals surface area (Å²) in [7, 11) is 0. The highest BCUT2D eigenvalue weighted by molar-refractivity contribution is 6.30. The first-order valence-electron chi connectivity index (χ1n) is 12.0. The lowest BCUT2D eigenvalue weighted by molar-refractivity contribution is -0.688. The van der Waals surface area contributed by atoms with Crippen LogP contribution in [0, 0.1) is 5.82 Å². The van der Waals surface area contributed by atoms with Crippen molar-refractivity contribution in [2.45, 2.75) is 19.4 Å². The van der Waals surface area contributed by atoms with Crippen molar-refractivity contribution >= 4 is 17.5 Å². The Bertz CT molecular complexity index is 1560. The minimum Gasteiger partial charge on any atom is -0.507 e. The minimum absolute atomic E-state index is 0.00858. The van der Waals surface area contributed by atoms with Crippen LogP contribution in [0.2, 0.25) is 0 Å². The molecule has 0 bridgehead atoms. The van der Waals surface area contributed by atoms with Crippen LogP contribution in [0.4, 0.5) is 4.39 Å². The molecule has 0 radical (unpaired) electrons. The topological polar surface area (TPSA) is 105 Å². The molecule has 0 saturated heterocycles. The van der Waals surface area contributed by atoms with Crippen molar-refractivity contribution in [3.05, 3.63) is 124 Å². The molecular formula is C30H23FNO6+. The number of phenols is 2. The van der Waals surface area contributed by atoms with Gasteiger partial charge in [-0.25, -0.2) is 13.8 Å². The number of phenolic OH excluding ortho intramolecular Hbond substituents is 2. The molecule has 7 nitrogen and oxygen atoms in total. The lowest BCUT2D eigenvalue weighted by Gasteiger charge is -2.19. The number of esters is 1. The third kappa shape index (κ3) is 4.88. The van der Waals surface area contributed by atoms with Gasteiger partial charge < -0.3 is 14.9 Å². The van der Waals surface area contributed by atoms with Crippen LogP contribution in [-0.4, -0.2) is 34.4 Å². The van der Waals surface area contributed by atoms with Crippen molar-refractivity contribution < 1.29 is 38.3 Å². The van der Waals surface area contributed by atoms with Gasteiger partial charge in [0.25, 0.3) is 0 Å². The summed E-state index contributed by atoms with van der Waals surface area (Å²) in [5, 5.41) is 20.5. The molecule has 5 rings (SSSR count). The number of benzene rings is 3. The van der Waals surface area contributed by atoms with Crippen LogP contribution in [-0.2, 0) is 17.7 Å². The van der Waals surface area contributed by atoms with E-state index in [9.17, 15) is 29.0 Å². The summed E-state index contributed by atoms with van der Waals surface area (Å²) >= 11 is 0. The number of hydrogen-bond acceptors (Lipinski definition) is 6. The molecule has 1 aromatic heterocycles. The quantitative estimate of drug-likeness (QED) is 0.193. The van der Waals surface area contributed by atoms with Crippen LogP contribution in [0.3, 0.4) is 0 Å². The molecule has 2 N–H and O–H groups in total. The lowest BCUT2D eigenvalue weighted by Crippen LogP contribution is -2.33. The van der Waals surface area contributed by atoms with Gasteiger partial charge in [0.2, 0.25) is 5.78 Å². The predicted molar refractivity (Wildman–Crippen MR) is 134 cm³/mol. The first kappa shape index (κ1) is 24.8. The molecule has 0 saturated carbocycles. The standard InChI is InChI=1S/C30H22FNO6/c31-21-8-6-19(7-9-21)17-32-12-10-18(11-13-32)3-2-14-38-30(37)20-15-23-27(25(34)16-20)29(36)26-22(28(23)35)4-1-5-24(26)33/h1,4-13,15-16H,2-3,14,17H2,(H-,33,34,36)/p+1. The van der Waals surface area contributed by atoms with Crippen molar-refractivity contribution in [2.24, 2.45) is 0 Å². The van der Waals surface area contributed by atoms with Gasteiger partial charge in [-0.3, -0.25) is 9.59 Å². The van der Waals surface area contributed by atoms with Gasteiger partial charge in [-0.05, 0) is 60.9 Å². The third-order valence-electron chi connectivity index (χ3n) is 6.42. The van der Waals surface area contributed by atoms with E-state index >= 15 is 0 Å². The zero-order valence-corrected chi connectivity index (χ0v) is 20.2. The fourth-order valence-corrected chi connectivity index (χ4v) is 4.49. The molecule has 1 heterocycles. The number of rotatable bonds is 7. The van der Waals surface area contributed by atoms with Gasteiger partial charge in [-0.15, -0.1) is 0 Å². The Hall–Kier alpha value is -4.85. The van der Waals surface area contributed by atoms with Crippen molar-refractivity contribution in [1.29, 1.82) is 0 Å². The Kier molecular flexibility index (Phi) is 6.70. The van der Waals surface area contributed by atoms with E-state index in [-0.39, 0.29) is 46.0 Å². The second-order valence-electron chi connectivity index (χ2n) is 9.02. The Morgan fingerprint density at radius 3 is 2.26 bits per heavy atom. The Morgan fingerprint density at radius 1 is 0.816 bits per heavy atom. The van der Waals surface area contributed by atoms with Crippen LogP contribution in [0.15, 0.2) is 79.1 Å². The monoisotopic (exact) mass is 512 g/mol. The second kappa shape index (κ2) is 10.3. The maximum Gasteiger partial charge on any atom is 0.338 e. The SMILES string of the molecule is O=C(OCCCc1cc[n+](Cc2ccc(F)cc2)cc1)c1cc(O)c2c(c1)C(=O)c1cccc(O)c1C2=O. The second-order valence-corrected chi connectivity index (χ2v) is 9.02. The van der Waals surface area contributed by atoms with E-state index < -0.39 is 23.3 Å². The molecule has 1 aliphatic rings. The van der Waals surface area contributed by atoms with Crippen molar-refractivity contribution in [1.82, 2.24) is 0 Å². The molecular weight excluding hydrogens is 489 g/mol. The first-order valence-corrected chi connectivity index (χ1v) is 12.0. The first-order chi connectivity index (χ1) is 18.3. The summed E-state index contributed by atoms with van der Waals surface area (Å²) in [6, 6.07) is 16.7. The van der Waals surface area contributed by atoms with Crippen molar-refractivity contribution in [3.63, 3.8) is 0 Å². The van der Waals surface area contributed by atoms with Gasteiger partial charge in [0, 0.05) is 28.8 Å². The average molecular weight is 513 g/mol. The molecule has 3 aromatic carbocycles. The summed E-state index contributed by atoms with van der Waals surface area (Å²) in [6.45, 7) is 0.734. The van der Waals surface area contributed by atoms with Crippen LogP contribution in [0.1, 0.15) is 59.7 Å². The van der Waals surface area contributed by atoms with E-state index in [0.29, 0.717) is 19.4 Å². The molecule has 1 aliphatic carbocycles. The van der Waals surface area contributed by atoms with Gasteiger partial charge in [-0.1, -0.05) is 12.1 Å². The molecule has 0 fully saturated rings.